The number of guanidine groups is 1. The number of rotatable bonds is 4. The number of nitrogens with zero attached hydrogens (tertiary/aromatic N) is 2. The first-order valence-electron chi connectivity index (χ1n) is 6.18. The van der Waals surface area contributed by atoms with Crippen LogP contribution < -0.4 is 11.1 Å². The van der Waals surface area contributed by atoms with Crippen molar-refractivity contribution >= 4 is 29.9 Å². The molecule has 0 aromatic heterocycles. The van der Waals surface area contributed by atoms with Crippen LogP contribution in [-0.2, 0) is 0 Å². The van der Waals surface area contributed by atoms with E-state index in [0.717, 1.165) is 12.8 Å². The molecule has 0 bridgehead atoms. The lowest BCUT2D eigenvalue weighted by Gasteiger charge is -2.13. The lowest BCUT2D eigenvalue weighted by Crippen LogP contribution is -2.38. The van der Waals surface area contributed by atoms with Crippen LogP contribution in [0.25, 0.3) is 0 Å². The van der Waals surface area contributed by atoms with Gasteiger partial charge in [-0.15, -0.1) is 24.0 Å². The van der Waals surface area contributed by atoms with Crippen molar-refractivity contribution in [3.8, 4) is 6.07 Å². The third-order valence-electron chi connectivity index (χ3n) is 3.70. The van der Waals surface area contributed by atoms with Gasteiger partial charge in [0.2, 0.25) is 0 Å². The predicted molar refractivity (Wildman–Crippen MR) is 79.2 cm³/mol. The number of nitrogens with one attached hydrogen (secondary N) is 1. The van der Waals surface area contributed by atoms with Gasteiger partial charge in [-0.05, 0) is 25.7 Å². The fourth-order valence-electron chi connectivity index (χ4n) is 2.31. The summed E-state index contributed by atoms with van der Waals surface area (Å²) in [5.74, 6) is 0.566. The van der Waals surface area contributed by atoms with Crippen LogP contribution in [0.15, 0.2) is 4.99 Å². The van der Waals surface area contributed by atoms with Crippen molar-refractivity contribution < 1.29 is 0 Å². The maximum atomic E-state index is 8.69. The Kier molecular flexibility index (Phi) is 5.50. The van der Waals surface area contributed by atoms with E-state index in [0.29, 0.717) is 25.0 Å². The third-order valence-corrected chi connectivity index (χ3v) is 3.70. The fraction of sp³-hybridized carbons (Fsp3) is 0.833. The maximum absolute atomic E-state index is 8.69. The number of hydrogen-bond acceptors (Lipinski definition) is 2. The minimum atomic E-state index is 0. The van der Waals surface area contributed by atoms with E-state index in [1.54, 1.807) is 0 Å². The normalized spacial score (nSPS) is 22.6. The molecule has 0 aromatic carbocycles. The Hall–Kier alpha value is -0.510. The van der Waals surface area contributed by atoms with E-state index in [2.05, 4.69) is 16.4 Å². The van der Waals surface area contributed by atoms with Crippen LogP contribution in [0, 0.1) is 16.7 Å². The molecule has 3 N–H and O–H groups in total. The van der Waals surface area contributed by atoms with E-state index in [4.69, 9.17) is 11.0 Å². The number of aliphatic imine (C=N–C) groups is 1. The van der Waals surface area contributed by atoms with E-state index in [1.165, 1.54) is 25.7 Å². The molecule has 0 amide bonds. The Bertz CT molecular complexity index is 311. The summed E-state index contributed by atoms with van der Waals surface area (Å²) < 4.78 is 0. The maximum Gasteiger partial charge on any atom is 0.188 e. The highest BCUT2D eigenvalue weighted by atomic mass is 127. The van der Waals surface area contributed by atoms with Gasteiger partial charge >= 0.3 is 0 Å². The molecule has 0 atom stereocenters. The Balaban J connectivity index is 0.00000144. The van der Waals surface area contributed by atoms with Gasteiger partial charge in [0.05, 0.1) is 6.07 Å². The van der Waals surface area contributed by atoms with Gasteiger partial charge in [-0.1, -0.05) is 12.8 Å². The van der Waals surface area contributed by atoms with Gasteiger partial charge in [0.1, 0.15) is 0 Å². The molecule has 4 nitrogen and oxygen atoms in total. The van der Waals surface area contributed by atoms with Crippen molar-refractivity contribution in [1.82, 2.24) is 5.32 Å². The predicted octanol–water partition coefficient (Wildman–Crippen LogP) is 2.15. The van der Waals surface area contributed by atoms with Gasteiger partial charge < -0.3 is 11.1 Å². The van der Waals surface area contributed by atoms with Gasteiger partial charge in [0, 0.05) is 24.4 Å². The third kappa shape index (κ3) is 4.34. The van der Waals surface area contributed by atoms with Gasteiger partial charge in [-0.25, -0.2) is 0 Å². The quantitative estimate of drug-likeness (QED) is 0.464. The Morgan fingerprint density at radius 2 is 2.06 bits per heavy atom. The molecule has 2 rings (SSSR count). The largest absolute Gasteiger partial charge is 0.370 e. The summed E-state index contributed by atoms with van der Waals surface area (Å²) in [5.41, 5.74) is 6.00. The summed E-state index contributed by atoms with van der Waals surface area (Å²) in [4.78, 5) is 4.37. The molecule has 5 heteroatoms. The molecule has 0 aromatic rings. The fourth-order valence-corrected chi connectivity index (χ4v) is 2.31. The average molecular weight is 348 g/mol. The zero-order chi connectivity index (χ0) is 11.4. The lowest BCUT2D eigenvalue weighted by atomic mass is 10.0. The molecule has 0 saturated heterocycles. The molecule has 2 aliphatic rings. The minimum Gasteiger partial charge on any atom is -0.370 e. The van der Waals surface area contributed by atoms with Crippen molar-refractivity contribution in [1.29, 1.82) is 5.26 Å². The summed E-state index contributed by atoms with van der Waals surface area (Å²) >= 11 is 0. The van der Waals surface area contributed by atoms with E-state index < -0.39 is 0 Å². The SMILES string of the molecule is I.N#CCC1(CN=C(N)NC2CCCC2)CC1. The number of nitrogens with two attached hydrogens (primary N) is 1. The van der Waals surface area contributed by atoms with E-state index >= 15 is 0 Å². The molecule has 2 fully saturated rings. The average Bonchev–Trinajstić information content (AvgIpc) is 2.83. The van der Waals surface area contributed by atoms with Crippen LogP contribution in [0.2, 0.25) is 0 Å². The minimum absolute atomic E-state index is 0. The summed E-state index contributed by atoms with van der Waals surface area (Å²) in [7, 11) is 0. The van der Waals surface area contributed by atoms with Crippen molar-refractivity contribution in [2.75, 3.05) is 6.54 Å². The van der Waals surface area contributed by atoms with Gasteiger partial charge in [-0.2, -0.15) is 5.26 Å². The first-order valence-corrected chi connectivity index (χ1v) is 6.18. The second-order valence-electron chi connectivity index (χ2n) is 5.16. The van der Waals surface area contributed by atoms with E-state index in [-0.39, 0.29) is 29.4 Å². The standard InChI is InChI=1S/C12H20N4.HI/c13-8-7-12(5-6-12)9-15-11(14)16-10-3-1-2-4-10;/h10H,1-7,9H2,(H3,14,15,16);1H. The van der Waals surface area contributed by atoms with Crippen LogP contribution in [0.3, 0.4) is 0 Å². The molecular weight excluding hydrogens is 327 g/mol. The summed E-state index contributed by atoms with van der Waals surface area (Å²) in [6.45, 7) is 0.714. The van der Waals surface area contributed by atoms with Crippen LogP contribution in [0.4, 0.5) is 0 Å². The summed E-state index contributed by atoms with van der Waals surface area (Å²) in [6.07, 6.45) is 7.88. The van der Waals surface area contributed by atoms with Crippen LogP contribution >= 0.6 is 24.0 Å². The smallest absolute Gasteiger partial charge is 0.188 e. The van der Waals surface area contributed by atoms with Crippen molar-refractivity contribution in [2.24, 2.45) is 16.1 Å². The number of halogens is 1. The zero-order valence-electron chi connectivity index (χ0n) is 10.1. The van der Waals surface area contributed by atoms with Crippen molar-refractivity contribution in [3.05, 3.63) is 0 Å². The number of hydrogen-bond donors (Lipinski definition) is 2. The highest BCUT2D eigenvalue weighted by Crippen LogP contribution is 2.48. The number of nitriles is 1. The van der Waals surface area contributed by atoms with Crippen LogP contribution in [0.1, 0.15) is 44.9 Å². The van der Waals surface area contributed by atoms with Gasteiger partial charge in [0.15, 0.2) is 5.96 Å². The summed E-state index contributed by atoms with van der Waals surface area (Å²) in [5, 5.41) is 12.0. The van der Waals surface area contributed by atoms with Crippen LogP contribution in [0.5, 0.6) is 0 Å². The van der Waals surface area contributed by atoms with Gasteiger partial charge in [-0.3, -0.25) is 4.99 Å². The summed E-state index contributed by atoms with van der Waals surface area (Å²) in [6, 6.07) is 2.76. The second kappa shape index (κ2) is 6.43. The molecule has 17 heavy (non-hydrogen) atoms. The first-order chi connectivity index (χ1) is 7.74. The Morgan fingerprint density at radius 3 is 2.59 bits per heavy atom. The molecule has 0 radical (unpaired) electrons. The van der Waals surface area contributed by atoms with Crippen molar-refractivity contribution in [3.63, 3.8) is 0 Å². The Labute approximate surface area is 120 Å². The molecule has 2 aliphatic carbocycles. The monoisotopic (exact) mass is 348 g/mol. The second-order valence-corrected chi connectivity index (χ2v) is 5.16. The molecule has 0 unspecified atom stereocenters. The van der Waals surface area contributed by atoms with Crippen molar-refractivity contribution in [2.45, 2.75) is 51.0 Å². The van der Waals surface area contributed by atoms with Crippen LogP contribution in [-0.4, -0.2) is 18.5 Å². The van der Waals surface area contributed by atoms with Gasteiger partial charge in [0.25, 0.3) is 0 Å². The molecule has 0 aliphatic heterocycles. The highest BCUT2D eigenvalue weighted by molar-refractivity contribution is 14.0. The van der Waals surface area contributed by atoms with E-state index in [9.17, 15) is 0 Å². The topological polar surface area (TPSA) is 74.2 Å². The lowest BCUT2D eigenvalue weighted by molar-refractivity contribution is 0.535. The molecule has 0 spiro atoms. The molecular formula is C12H21IN4. The first kappa shape index (κ1) is 14.6. The molecule has 2 saturated carbocycles. The van der Waals surface area contributed by atoms with E-state index in [1.807, 2.05) is 0 Å². The Morgan fingerprint density at radius 1 is 1.41 bits per heavy atom. The molecule has 96 valence electrons. The molecule has 0 heterocycles. The highest BCUT2D eigenvalue weighted by Gasteiger charge is 2.42. The zero-order valence-corrected chi connectivity index (χ0v) is 12.4.